The van der Waals surface area contributed by atoms with E-state index < -0.39 is 11.5 Å². The molecule has 0 spiro atoms. The number of aryl methyl sites for hydroxylation is 1. The number of thiazole rings is 1. The summed E-state index contributed by atoms with van der Waals surface area (Å²) in [5.41, 5.74) is 1.48. The number of nitrogens with one attached hydrogen (secondary N) is 1. The van der Waals surface area contributed by atoms with Gasteiger partial charge in [0, 0.05) is 10.9 Å². The van der Waals surface area contributed by atoms with E-state index in [9.17, 15) is 14.0 Å². The van der Waals surface area contributed by atoms with Crippen molar-refractivity contribution in [1.82, 2.24) is 14.9 Å². The maximum atomic E-state index is 12.9. The number of hydrogen-bond acceptors (Lipinski definition) is 6. The number of fused-ring (bicyclic) bond motifs is 1. The summed E-state index contributed by atoms with van der Waals surface area (Å²) in [6, 6.07) is 6.72. The van der Waals surface area contributed by atoms with Crippen molar-refractivity contribution in [2.24, 2.45) is 0 Å². The predicted octanol–water partition coefficient (Wildman–Crippen LogP) is 1.90. The van der Waals surface area contributed by atoms with Crippen molar-refractivity contribution in [3.8, 4) is 5.75 Å². The first-order valence-corrected chi connectivity index (χ1v) is 7.66. The van der Waals surface area contributed by atoms with Crippen molar-refractivity contribution in [2.45, 2.75) is 13.5 Å². The predicted molar refractivity (Wildman–Crippen MR) is 84.1 cm³/mol. The lowest BCUT2D eigenvalue weighted by Crippen LogP contribution is -2.26. The molecule has 124 valence electrons. The molecule has 2 N–H and O–H groups in total. The second kappa shape index (κ2) is 6.38. The fourth-order valence-corrected chi connectivity index (χ4v) is 3.19. The highest BCUT2D eigenvalue weighted by Crippen LogP contribution is 2.20. The normalized spacial score (nSPS) is 10.8. The molecule has 2 heterocycles. The maximum absolute atomic E-state index is 12.9. The van der Waals surface area contributed by atoms with Crippen LogP contribution in [0, 0.1) is 12.7 Å². The summed E-state index contributed by atoms with van der Waals surface area (Å²) in [6.45, 7) is 1.67. The first-order valence-electron chi connectivity index (χ1n) is 6.84. The molecule has 0 aliphatic rings. The molecule has 0 aliphatic heterocycles. The van der Waals surface area contributed by atoms with Gasteiger partial charge in [-0.3, -0.25) is 14.8 Å². The van der Waals surface area contributed by atoms with E-state index in [4.69, 9.17) is 9.94 Å². The number of aromatic nitrogens is 2. The topological polar surface area (TPSA) is 92.9 Å². The van der Waals surface area contributed by atoms with Crippen LogP contribution < -0.4 is 15.8 Å². The first kappa shape index (κ1) is 16.1. The smallest absolute Gasteiger partial charge is 0.292 e. The molecule has 24 heavy (non-hydrogen) atoms. The number of rotatable bonds is 4. The largest absolute Gasteiger partial charge is 0.487 e. The Morgan fingerprint density at radius 3 is 2.79 bits per heavy atom. The lowest BCUT2D eigenvalue weighted by Gasteiger charge is -2.06. The van der Waals surface area contributed by atoms with E-state index in [2.05, 4.69) is 4.98 Å². The van der Waals surface area contributed by atoms with Crippen LogP contribution in [0.4, 0.5) is 4.39 Å². The average Bonchev–Trinajstić information content (AvgIpc) is 2.90. The standard InChI is InChI=1S/C15H12FN3O4S/c1-8-13(14(21)18-22)19-12(20)6-10(17-15(19)24-8)7-23-11-4-2-9(16)3-5-11/h2-6,22H,7H2,1H3,(H,18,21). The molecule has 0 atom stereocenters. The van der Waals surface area contributed by atoms with Crippen molar-refractivity contribution in [3.05, 3.63) is 62.8 Å². The molecule has 3 rings (SSSR count). The highest BCUT2D eigenvalue weighted by molar-refractivity contribution is 7.17. The summed E-state index contributed by atoms with van der Waals surface area (Å²) < 4.78 is 19.4. The summed E-state index contributed by atoms with van der Waals surface area (Å²) in [5.74, 6) is -0.706. The zero-order valence-electron chi connectivity index (χ0n) is 12.4. The first-order chi connectivity index (χ1) is 11.5. The van der Waals surface area contributed by atoms with Gasteiger partial charge >= 0.3 is 0 Å². The van der Waals surface area contributed by atoms with Gasteiger partial charge in [0.25, 0.3) is 11.5 Å². The molecule has 0 fully saturated rings. The lowest BCUT2D eigenvalue weighted by molar-refractivity contribution is 0.0699. The molecule has 0 saturated carbocycles. The molecule has 0 radical (unpaired) electrons. The van der Waals surface area contributed by atoms with Crippen LogP contribution >= 0.6 is 11.3 Å². The molecular weight excluding hydrogens is 337 g/mol. The van der Waals surface area contributed by atoms with E-state index >= 15 is 0 Å². The van der Waals surface area contributed by atoms with Gasteiger partial charge in [0.1, 0.15) is 23.9 Å². The number of benzene rings is 1. The SMILES string of the molecule is Cc1sc2nc(COc3ccc(F)cc3)cc(=O)n2c1C(=O)NO. The molecule has 7 nitrogen and oxygen atoms in total. The van der Waals surface area contributed by atoms with Crippen LogP contribution in [0.5, 0.6) is 5.75 Å². The van der Waals surface area contributed by atoms with Gasteiger partial charge in [-0.05, 0) is 31.2 Å². The van der Waals surface area contributed by atoms with Gasteiger partial charge in [-0.15, -0.1) is 11.3 Å². The molecule has 3 aromatic rings. The zero-order chi connectivity index (χ0) is 17.3. The molecule has 9 heteroatoms. The van der Waals surface area contributed by atoms with Crippen molar-refractivity contribution in [2.75, 3.05) is 0 Å². The Morgan fingerprint density at radius 2 is 2.12 bits per heavy atom. The number of carbonyl (C=O) groups is 1. The van der Waals surface area contributed by atoms with E-state index in [0.29, 0.717) is 21.3 Å². The van der Waals surface area contributed by atoms with Crippen LogP contribution in [-0.4, -0.2) is 20.5 Å². The van der Waals surface area contributed by atoms with Crippen molar-refractivity contribution in [1.29, 1.82) is 0 Å². The average molecular weight is 349 g/mol. The van der Waals surface area contributed by atoms with Gasteiger partial charge < -0.3 is 4.74 Å². The van der Waals surface area contributed by atoms with E-state index in [-0.39, 0.29) is 18.1 Å². The Kier molecular flexibility index (Phi) is 4.28. The number of carbonyl (C=O) groups excluding carboxylic acids is 1. The number of amides is 1. The third-order valence-corrected chi connectivity index (χ3v) is 4.22. The third kappa shape index (κ3) is 2.99. The Morgan fingerprint density at radius 1 is 1.42 bits per heavy atom. The second-order valence-corrected chi connectivity index (χ2v) is 6.08. The van der Waals surface area contributed by atoms with E-state index in [1.807, 2.05) is 0 Å². The Labute approximate surface area is 138 Å². The van der Waals surface area contributed by atoms with Crippen molar-refractivity contribution in [3.63, 3.8) is 0 Å². The van der Waals surface area contributed by atoms with Gasteiger partial charge in [-0.25, -0.2) is 19.3 Å². The fourth-order valence-electron chi connectivity index (χ4n) is 2.20. The lowest BCUT2D eigenvalue weighted by atomic mass is 10.3. The third-order valence-electron chi connectivity index (χ3n) is 3.26. The fraction of sp³-hybridized carbons (Fsp3) is 0.133. The minimum atomic E-state index is -0.780. The summed E-state index contributed by atoms with van der Waals surface area (Å²) >= 11 is 1.15. The van der Waals surface area contributed by atoms with Crippen molar-refractivity contribution >= 4 is 22.2 Å². The van der Waals surface area contributed by atoms with Gasteiger partial charge in [0.2, 0.25) is 0 Å². The summed E-state index contributed by atoms with van der Waals surface area (Å²) in [5, 5.41) is 8.79. The van der Waals surface area contributed by atoms with Crippen molar-refractivity contribution < 1.29 is 19.1 Å². The van der Waals surface area contributed by atoms with Gasteiger partial charge in [-0.1, -0.05) is 0 Å². The molecule has 0 bridgehead atoms. The molecule has 2 aromatic heterocycles. The van der Waals surface area contributed by atoms with Crippen LogP contribution in [0.3, 0.4) is 0 Å². The molecule has 1 amide bonds. The zero-order valence-corrected chi connectivity index (χ0v) is 13.3. The van der Waals surface area contributed by atoms with Gasteiger partial charge in [0.15, 0.2) is 4.96 Å². The van der Waals surface area contributed by atoms with E-state index in [0.717, 1.165) is 15.7 Å². The molecule has 1 aromatic carbocycles. The van der Waals surface area contributed by atoms with Crippen LogP contribution in [0.15, 0.2) is 35.1 Å². The Balaban J connectivity index is 1.92. The minimum absolute atomic E-state index is 0.0237. The van der Waals surface area contributed by atoms with Crippen LogP contribution in [0.1, 0.15) is 21.1 Å². The monoisotopic (exact) mass is 349 g/mol. The number of hydroxylamine groups is 1. The summed E-state index contributed by atoms with van der Waals surface area (Å²) in [4.78, 5) is 29.1. The van der Waals surface area contributed by atoms with E-state index in [1.54, 1.807) is 6.92 Å². The molecule has 0 saturated heterocycles. The molecule has 0 aliphatic carbocycles. The van der Waals surface area contributed by atoms with Gasteiger partial charge in [0.05, 0.1) is 5.69 Å². The van der Waals surface area contributed by atoms with Crippen LogP contribution in [-0.2, 0) is 6.61 Å². The number of hydrogen-bond donors (Lipinski definition) is 2. The van der Waals surface area contributed by atoms with Crippen LogP contribution in [0.25, 0.3) is 4.96 Å². The second-order valence-electron chi connectivity index (χ2n) is 4.89. The molecular formula is C15H12FN3O4S. The number of ether oxygens (including phenoxy) is 1. The maximum Gasteiger partial charge on any atom is 0.292 e. The van der Waals surface area contributed by atoms with E-state index in [1.165, 1.54) is 35.8 Å². The van der Waals surface area contributed by atoms with Gasteiger partial charge in [-0.2, -0.15) is 0 Å². The molecule has 0 unspecified atom stereocenters. The highest BCUT2D eigenvalue weighted by Gasteiger charge is 2.19. The Hall–Kier alpha value is -2.78. The number of halogens is 1. The van der Waals surface area contributed by atoms with Crippen LogP contribution in [0.2, 0.25) is 0 Å². The minimum Gasteiger partial charge on any atom is -0.487 e. The number of nitrogens with zero attached hydrogens (tertiary/aromatic N) is 2. The Bertz CT molecular complexity index is 965. The summed E-state index contributed by atoms with van der Waals surface area (Å²) in [7, 11) is 0. The highest BCUT2D eigenvalue weighted by atomic mass is 32.1. The quantitative estimate of drug-likeness (QED) is 0.554. The summed E-state index contributed by atoms with van der Waals surface area (Å²) in [6.07, 6.45) is 0.